The number of nitriles is 2. The molecule has 2 nitrogen and oxygen atoms in total. The van der Waals surface area contributed by atoms with E-state index in [2.05, 4.69) is 19.1 Å². The quantitative estimate of drug-likeness (QED) is 0.696. The molecule has 0 aliphatic carbocycles. The molecule has 0 aliphatic heterocycles. The molecule has 1 aromatic carbocycles. The van der Waals surface area contributed by atoms with Crippen molar-refractivity contribution >= 4 is 0 Å². The third-order valence-corrected chi connectivity index (χ3v) is 3.40. The summed E-state index contributed by atoms with van der Waals surface area (Å²) in [7, 11) is 0. The maximum absolute atomic E-state index is 9.51. The van der Waals surface area contributed by atoms with Gasteiger partial charge < -0.3 is 0 Å². The van der Waals surface area contributed by atoms with Gasteiger partial charge in [0.2, 0.25) is 0 Å². The van der Waals surface area contributed by atoms with Gasteiger partial charge in [0.15, 0.2) is 5.41 Å². The first-order valence-corrected chi connectivity index (χ1v) is 6.75. The van der Waals surface area contributed by atoms with E-state index in [1.807, 2.05) is 37.3 Å². The second-order valence-electron chi connectivity index (χ2n) is 4.70. The zero-order valence-electron chi connectivity index (χ0n) is 11.6. The second-order valence-corrected chi connectivity index (χ2v) is 4.70. The maximum atomic E-state index is 9.51. The highest BCUT2D eigenvalue weighted by atomic mass is 14.4. The van der Waals surface area contributed by atoms with E-state index in [1.165, 1.54) is 0 Å². The van der Waals surface area contributed by atoms with Gasteiger partial charge in [-0.05, 0) is 18.9 Å². The molecule has 1 rings (SSSR count). The first kappa shape index (κ1) is 15.0. The number of hydrogen-bond acceptors (Lipinski definition) is 2. The van der Waals surface area contributed by atoms with Crippen LogP contribution in [0.25, 0.3) is 0 Å². The van der Waals surface area contributed by atoms with E-state index in [0.717, 1.165) is 24.8 Å². The van der Waals surface area contributed by atoms with Gasteiger partial charge in [-0.3, -0.25) is 0 Å². The largest absolute Gasteiger partial charge is 0.196 e. The average molecular weight is 252 g/mol. The zero-order valence-corrected chi connectivity index (χ0v) is 11.6. The first-order chi connectivity index (χ1) is 9.24. The number of nitrogens with zero attached hydrogens (tertiary/aromatic N) is 2. The van der Waals surface area contributed by atoms with Crippen LogP contribution in [-0.2, 0) is 0 Å². The van der Waals surface area contributed by atoms with E-state index in [-0.39, 0.29) is 5.92 Å². The fourth-order valence-electron chi connectivity index (χ4n) is 2.39. The van der Waals surface area contributed by atoms with Gasteiger partial charge in [0.05, 0.1) is 12.1 Å². The molecule has 0 saturated heterocycles. The lowest BCUT2D eigenvalue weighted by Crippen LogP contribution is -2.24. The molecule has 1 atom stereocenters. The van der Waals surface area contributed by atoms with E-state index >= 15 is 0 Å². The highest BCUT2D eigenvalue weighted by Crippen LogP contribution is 2.40. The SMILES string of the molecule is CC=CC(C#N)(C#N)C(CCCC)c1ccccc1. The molecule has 0 heterocycles. The number of hydrogen-bond donors (Lipinski definition) is 0. The van der Waals surface area contributed by atoms with Crippen molar-refractivity contribution in [1.82, 2.24) is 0 Å². The molecule has 0 N–H and O–H groups in total. The lowest BCUT2D eigenvalue weighted by Gasteiger charge is -2.27. The minimum Gasteiger partial charge on any atom is -0.196 e. The minimum absolute atomic E-state index is 0.0696. The molecule has 0 bridgehead atoms. The molecular weight excluding hydrogens is 232 g/mol. The summed E-state index contributed by atoms with van der Waals surface area (Å²) in [5.74, 6) is -0.0696. The molecule has 0 fully saturated rings. The Morgan fingerprint density at radius 2 is 1.84 bits per heavy atom. The molecule has 1 aromatic rings. The smallest absolute Gasteiger partial charge is 0.168 e. The molecule has 0 saturated carbocycles. The van der Waals surface area contributed by atoms with E-state index < -0.39 is 5.41 Å². The second kappa shape index (κ2) is 7.39. The Morgan fingerprint density at radius 3 is 2.32 bits per heavy atom. The van der Waals surface area contributed by atoms with Crippen LogP contribution in [0.2, 0.25) is 0 Å². The van der Waals surface area contributed by atoms with Gasteiger partial charge >= 0.3 is 0 Å². The van der Waals surface area contributed by atoms with Gasteiger partial charge in [-0.2, -0.15) is 10.5 Å². The van der Waals surface area contributed by atoms with Crippen LogP contribution in [0.1, 0.15) is 44.6 Å². The third kappa shape index (κ3) is 3.46. The first-order valence-electron chi connectivity index (χ1n) is 6.75. The Hall–Kier alpha value is -2.06. The summed E-state index contributed by atoms with van der Waals surface area (Å²) in [4.78, 5) is 0. The van der Waals surface area contributed by atoms with Crippen LogP contribution in [0.5, 0.6) is 0 Å². The van der Waals surface area contributed by atoms with Crippen molar-refractivity contribution in [2.24, 2.45) is 5.41 Å². The molecule has 0 amide bonds. The standard InChI is InChI=1S/C17H20N2/c1-3-5-11-16(15-9-7-6-8-10-15)17(13-18,14-19)12-4-2/h4,6-10,12,16H,3,5,11H2,1-2H3. The van der Waals surface area contributed by atoms with Crippen LogP contribution in [0.15, 0.2) is 42.5 Å². The molecule has 0 aromatic heterocycles. The van der Waals surface area contributed by atoms with E-state index in [0.29, 0.717) is 0 Å². The molecule has 0 spiro atoms. The Balaban J connectivity index is 3.23. The fourth-order valence-corrected chi connectivity index (χ4v) is 2.39. The van der Waals surface area contributed by atoms with Crippen molar-refractivity contribution in [1.29, 1.82) is 10.5 Å². The Bertz CT molecular complexity index is 474. The van der Waals surface area contributed by atoms with E-state index in [9.17, 15) is 10.5 Å². The van der Waals surface area contributed by atoms with Crippen molar-refractivity contribution in [2.45, 2.75) is 39.0 Å². The van der Waals surface area contributed by atoms with Crippen molar-refractivity contribution < 1.29 is 0 Å². The van der Waals surface area contributed by atoms with Crippen LogP contribution in [0.4, 0.5) is 0 Å². The lowest BCUT2D eigenvalue weighted by atomic mass is 9.71. The molecule has 19 heavy (non-hydrogen) atoms. The van der Waals surface area contributed by atoms with Crippen LogP contribution in [0, 0.1) is 28.1 Å². The van der Waals surface area contributed by atoms with Gasteiger partial charge in [0.1, 0.15) is 0 Å². The molecule has 0 radical (unpaired) electrons. The summed E-state index contributed by atoms with van der Waals surface area (Å²) in [6.07, 6.45) is 6.47. The Labute approximate surface area is 116 Å². The summed E-state index contributed by atoms with van der Waals surface area (Å²) >= 11 is 0. The van der Waals surface area contributed by atoms with Crippen molar-refractivity contribution in [3.63, 3.8) is 0 Å². The highest BCUT2D eigenvalue weighted by molar-refractivity contribution is 5.35. The molecular formula is C17H20N2. The predicted molar refractivity (Wildman–Crippen MR) is 77.2 cm³/mol. The Kier molecular flexibility index (Phi) is 5.83. The summed E-state index contributed by atoms with van der Waals surface area (Å²) < 4.78 is 0. The van der Waals surface area contributed by atoms with Crippen LogP contribution < -0.4 is 0 Å². The van der Waals surface area contributed by atoms with Crippen molar-refractivity contribution in [2.75, 3.05) is 0 Å². The molecule has 2 heteroatoms. The number of unbranched alkanes of at least 4 members (excludes halogenated alkanes) is 1. The summed E-state index contributed by atoms with van der Waals surface area (Å²) in [5, 5.41) is 19.0. The van der Waals surface area contributed by atoms with E-state index in [4.69, 9.17) is 0 Å². The predicted octanol–water partition coefficient (Wildman–Crippen LogP) is 4.57. The minimum atomic E-state index is -1.06. The average Bonchev–Trinajstić information content (AvgIpc) is 2.47. The van der Waals surface area contributed by atoms with Gasteiger partial charge in [-0.1, -0.05) is 62.2 Å². The van der Waals surface area contributed by atoms with Crippen LogP contribution in [-0.4, -0.2) is 0 Å². The Morgan fingerprint density at radius 1 is 1.21 bits per heavy atom. The summed E-state index contributed by atoms with van der Waals surface area (Å²) in [6, 6.07) is 14.3. The van der Waals surface area contributed by atoms with E-state index in [1.54, 1.807) is 12.2 Å². The number of allylic oxidation sites excluding steroid dienone is 2. The number of rotatable bonds is 6. The fraction of sp³-hybridized carbons (Fsp3) is 0.412. The van der Waals surface area contributed by atoms with Gasteiger partial charge in [0, 0.05) is 5.92 Å². The maximum Gasteiger partial charge on any atom is 0.168 e. The van der Waals surface area contributed by atoms with Gasteiger partial charge in [-0.15, -0.1) is 0 Å². The van der Waals surface area contributed by atoms with Crippen molar-refractivity contribution in [3.8, 4) is 12.1 Å². The lowest BCUT2D eigenvalue weighted by molar-refractivity contribution is 0.452. The van der Waals surface area contributed by atoms with Crippen LogP contribution in [0.3, 0.4) is 0 Å². The molecule has 98 valence electrons. The monoisotopic (exact) mass is 252 g/mol. The summed E-state index contributed by atoms with van der Waals surface area (Å²) in [5.41, 5.74) is 0.00259. The third-order valence-electron chi connectivity index (χ3n) is 3.40. The van der Waals surface area contributed by atoms with Gasteiger partial charge in [-0.25, -0.2) is 0 Å². The topological polar surface area (TPSA) is 47.6 Å². The molecule has 0 aliphatic rings. The normalized spacial score (nSPS) is 12.8. The molecule has 1 unspecified atom stereocenters. The summed E-state index contributed by atoms with van der Waals surface area (Å²) in [6.45, 7) is 3.98. The van der Waals surface area contributed by atoms with Crippen LogP contribution >= 0.6 is 0 Å². The zero-order chi connectivity index (χ0) is 14.1. The van der Waals surface area contributed by atoms with Crippen molar-refractivity contribution in [3.05, 3.63) is 48.0 Å². The number of benzene rings is 1. The highest BCUT2D eigenvalue weighted by Gasteiger charge is 2.37. The van der Waals surface area contributed by atoms with Gasteiger partial charge in [0.25, 0.3) is 0 Å².